The van der Waals surface area contributed by atoms with Gasteiger partial charge in [0.05, 0.1) is 5.69 Å². The van der Waals surface area contributed by atoms with Crippen molar-refractivity contribution < 1.29 is 0 Å². The van der Waals surface area contributed by atoms with Crippen molar-refractivity contribution in [2.24, 2.45) is 7.05 Å². The zero-order valence-electron chi connectivity index (χ0n) is 9.13. The van der Waals surface area contributed by atoms with Gasteiger partial charge < -0.3 is 5.73 Å². The van der Waals surface area contributed by atoms with Gasteiger partial charge in [-0.25, -0.2) is 4.98 Å². The number of hydrogen-bond donors (Lipinski definition) is 1. The molecule has 17 heavy (non-hydrogen) atoms. The van der Waals surface area contributed by atoms with E-state index < -0.39 is 0 Å². The number of rotatable bonds is 1. The van der Waals surface area contributed by atoms with Gasteiger partial charge in [-0.05, 0) is 34.1 Å². The maximum absolute atomic E-state index is 6.11. The molecule has 0 spiro atoms. The first-order valence-corrected chi connectivity index (χ1v) is 5.87. The van der Waals surface area contributed by atoms with E-state index in [1.165, 1.54) is 0 Å². The summed E-state index contributed by atoms with van der Waals surface area (Å²) in [6.07, 6.45) is 3.63. The van der Waals surface area contributed by atoms with Gasteiger partial charge in [-0.1, -0.05) is 0 Å². The first kappa shape index (κ1) is 10.3. The molecule has 3 rings (SSSR count). The second kappa shape index (κ2) is 3.59. The average molecular weight is 292 g/mol. The Morgan fingerprint density at radius 1 is 1.29 bits per heavy atom. The predicted octanol–water partition coefficient (Wildman–Crippen LogP) is 2.08. The number of anilines is 1. The number of aromatic nitrogens is 4. The van der Waals surface area contributed by atoms with Gasteiger partial charge in [0.15, 0.2) is 0 Å². The van der Waals surface area contributed by atoms with Crippen LogP contribution in [0, 0.1) is 0 Å². The second-order valence-corrected chi connectivity index (χ2v) is 4.68. The Labute approximate surface area is 106 Å². The topological polar surface area (TPSA) is 61.1 Å². The highest BCUT2D eigenvalue weighted by molar-refractivity contribution is 9.10. The molecular weight excluding hydrogens is 282 g/mol. The molecule has 0 bridgehead atoms. The monoisotopic (exact) mass is 291 g/mol. The number of imidazole rings is 1. The molecule has 0 aromatic carbocycles. The van der Waals surface area contributed by atoms with Crippen LogP contribution in [0.2, 0.25) is 0 Å². The van der Waals surface area contributed by atoms with E-state index in [9.17, 15) is 0 Å². The second-order valence-electron chi connectivity index (χ2n) is 3.76. The van der Waals surface area contributed by atoms with Crippen LogP contribution in [0.15, 0.2) is 35.1 Å². The van der Waals surface area contributed by atoms with Crippen LogP contribution in [0.4, 0.5) is 5.82 Å². The minimum atomic E-state index is 0.616. The maximum atomic E-state index is 6.11. The molecule has 0 aliphatic carbocycles. The highest BCUT2D eigenvalue weighted by atomic mass is 79.9. The molecule has 0 unspecified atom stereocenters. The van der Waals surface area contributed by atoms with Crippen LogP contribution >= 0.6 is 15.9 Å². The van der Waals surface area contributed by atoms with E-state index in [0.29, 0.717) is 5.82 Å². The average Bonchev–Trinajstić information content (AvgIpc) is 2.84. The Morgan fingerprint density at radius 2 is 2.12 bits per heavy atom. The van der Waals surface area contributed by atoms with Crippen LogP contribution in [-0.2, 0) is 7.05 Å². The van der Waals surface area contributed by atoms with Crippen LogP contribution in [0.25, 0.3) is 17.0 Å². The van der Waals surface area contributed by atoms with Gasteiger partial charge in [-0.2, -0.15) is 5.10 Å². The molecule has 3 aromatic rings. The lowest BCUT2D eigenvalue weighted by Crippen LogP contribution is -1.98. The van der Waals surface area contributed by atoms with E-state index in [0.717, 1.165) is 21.5 Å². The number of nitrogens with zero attached hydrogens (tertiary/aromatic N) is 4. The molecule has 3 aromatic heterocycles. The van der Waals surface area contributed by atoms with Crippen molar-refractivity contribution in [3.8, 4) is 11.4 Å². The zero-order valence-corrected chi connectivity index (χ0v) is 10.7. The molecular formula is C11H10BrN5. The summed E-state index contributed by atoms with van der Waals surface area (Å²) in [5.74, 6) is 0.616. The van der Waals surface area contributed by atoms with Gasteiger partial charge in [0, 0.05) is 23.9 Å². The lowest BCUT2D eigenvalue weighted by molar-refractivity contribution is 0.774. The third kappa shape index (κ3) is 1.52. The molecule has 0 saturated carbocycles. The lowest BCUT2D eigenvalue weighted by atomic mass is 10.3. The van der Waals surface area contributed by atoms with Gasteiger partial charge in [0.2, 0.25) is 0 Å². The Kier molecular flexibility index (Phi) is 2.19. The third-order valence-corrected chi connectivity index (χ3v) is 3.15. The fraction of sp³-hybridized carbons (Fsp3) is 0.0909. The first-order valence-electron chi connectivity index (χ1n) is 5.08. The van der Waals surface area contributed by atoms with Gasteiger partial charge >= 0.3 is 0 Å². The normalized spacial score (nSPS) is 11.2. The molecule has 0 saturated heterocycles. The molecule has 0 aliphatic rings. The fourth-order valence-corrected chi connectivity index (χ4v) is 2.17. The van der Waals surface area contributed by atoms with Crippen molar-refractivity contribution in [2.45, 2.75) is 0 Å². The smallest absolute Gasteiger partial charge is 0.139 e. The Morgan fingerprint density at radius 3 is 2.82 bits per heavy atom. The molecule has 0 fully saturated rings. The van der Waals surface area contributed by atoms with Crippen LogP contribution in [-0.4, -0.2) is 19.2 Å². The standard InChI is InChI=1S/C11H10BrN5/c1-16-8(4-5-14-16)10-11(13)17-6-7(12)2-3-9(17)15-10/h2-6H,13H2,1H3. The van der Waals surface area contributed by atoms with Crippen LogP contribution < -0.4 is 5.73 Å². The summed E-state index contributed by atoms with van der Waals surface area (Å²) in [6, 6.07) is 5.75. The van der Waals surface area contributed by atoms with Crippen LogP contribution in [0.5, 0.6) is 0 Å². The molecule has 86 valence electrons. The van der Waals surface area contributed by atoms with Crippen LogP contribution in [0.1, 0.15) is 0 Å². The summed E-state index contributed by atoms with van der Waals surface area (Å²) in [4.78, 5) is 4.51. The summed E-state index contributed by atoms with van der Waals surface area (Å²) >= 11 is 3.42. The number of halogens is 1. The molecule has 3 heterocycles. The van der Waals surface area contributed by atoms with Gasteiger partial charge in [0.1, 0.15) is 17.2 Å². The lowest BCUT2D eigenvalue weighted by Gasteiger charge is -1.99. The number of aryl methyl sites for hydroxylation is 1. The minimum absolute atomic E-state index is 0.616. The molecule has 0 radical (unpaired) electrons. The van der Waals surface area contributed by atoms with Crippen molar-refractivity contribution in [1.82, 2.24) is 19.2 Å². The Bertz CT molecular complexity index is 697. The summed E-state index contributed by atoms with van der Waals surface area (Å²) < 4.78 is 4.57. The van der Waals surface area contributed by atoms with E-state index in [2.05, 4.69) is 26.0 Å². The number of fused-ring (bicyclic) bond motifs is 1. The molecule has 2 N–H and O–H groups in total. The summed E-state index contributed by atoms with van der Waals surface area (Å²) in [7, 11) is 1.87. The maximum Gasteiger partial charge on any atom is 0.139 e. The van der Waals surface area contributed by atoms with Gasteiger partial charge in [-0.3, -0.25) is 9.08 Å². The highest BCUT2D eigenvalue weighted by Gasteiger charge is 2.13. The molecule has 0 amide bonds. The first-order chi connectivity index (χ1) is 8.16. The quantitative estimate of drug-likeness (QED) is 0.747. The van der Waals surface area contributed by atoms with E-state index in [1.807, 2.05) is 35.8 Å². The van der Waals surface area contributed by atoms with E-state index >= 15 is 0 Å². The van der Waals surface area contributed by atoms with Crippen LogP contribution in [0.3, 0.4) is 0 Å². The summed E-state index contributed by atoms with van der Waals surface area (Å²) in [5, 5.41) is 4.12. The van der Waals surface area contributed by atoms with E-state index in [-0.39, 0.29) is 0 Å². The molecule has 5 nitrogen and oxygen atoms in total. The summed E-state index contributed by atoms with van der Waals surface area (Å²) in [5.41, 5.74) is 8.59. The molecule has 0 atom stereocenters. The van der Waals surface area contributed by atoms with Crippen molar-refractivity contribution >= 4 is 27.4 Å². The van der Waals surface area contributed by atoms with Crippen molar-refractivity contribution in [3.63, 3.8) is 0 Å². The van der Waals surface area contributed by atoms with Gasteiger partial charge in [-0.15, -0.1) is 0 Å². The van der Waals surface area contributed by atoms with E-state index in [1.54, 1.807) is 10.9 Å². The molecule has 0 aliphatic heterocycles. The van der Waals surface area contributed by atoms with E-state index in [4.69, 9.17) is 5.73 Å². The number of pyridine rings is 1. The number of hydrogen-bond acceptors (Lipinski definition) is 3. The third-order valence-electron chi connectivity index (χ3n) is 2.68. The minimum Gasteiger partial charge on any atom is -0.383 e. The van der Waals surface area contributed by atoms with Gasteiger partial charge in [0.25, 0.3) is 0 Å². The Balaban J connectivity index is 2.32. The number of nitrogens with two attached hydrogens (primary N) is 1. The zero-order chi connectivity index (χ0) is 12.0. The summed E-state index contributed by atoms with van der Waals surface area (Å²) in [6.45, 7) is 0. The highest BCUT2D eigenvalue weighted by Crippen LogP contribution is 2.26. The molecule has 6 heteroatoms. The predicted molar refractivity (Wildman–Crippen MR) is 69.5 cm³/mol. The van der Waals surface area contributed by atoms with Crippen molar-refractivity contribution in [2.75, 3.05) is 5.73 Å². The largest absolute Gasteiger partial charge is 0.383 e. The Hall–Kier alpha value is -1.82. The fourth-order valence-electron chi connectivity index (χ4n) is 1.83. The van der Waals surface area contributed by atoms with Crippen molar-refractivity contribution in [3.05, 3.63) is 35.1 Å². The van der Waals surface area contributed by atoms with Crippen molar-refractivity contribution in [1.29, 1.82) is 0 Å². The number of nitrogen functional groups attached to an aromatic ring is 1. The SMILES string of the molecule is Cn1nccc1-c1nc2ccc(Br)cn2c1N.